The Morgan fingerprint density at radius 2 is 2.00 bits per heavy atom. The van der Waals surface area contributed by atoms with E-state index in [2.05, 4.69) is 25.5 Å². The number of nitrogens with one attached hydrogen (secondary N) is 1. The lowest BCUT2D eigenvalue weighted by atomic mass is 9.73. The number of carboxylic acid groups (broad SMARTS) is 1. The molecule has 1 aliphatic heterocycles. The van der Waals surface area contributed by atoms with Gasteiger partial charge in [0.1, 0.15) is 0 Å². The highest BCUT2D eigenvalue weighted by Gasteiger charge is 2.41. The molecule has 1 aromatic carbocycles. The van der Waals surface area contributed by atoms with E-state index in [9.17, 15) is 32.6 Å². The van der Waals surface area contributed by atoms with Crippen molar-refractivity contribution < 1.29 is 37.1 Å². The van der Waals surface area contributed by atoms with Crippen molar-refractivity contribution in [3.05, 3.63) is 64.8 Å². The number of aromatic nitrogens is 5. The molecule has 4 heterocycles. The third-order valence-electron chi connectivity index (χ3n) is 6.95. The molecule has 2 atom stereocenters. The summed E-state index contributed by atoms with van der Waals surface area (Å²) >= 11 is 5.67. The molecule has 41 heavy (non-hydrogen) atoms. The number of hydrogen-bond donors (Lipinski definition) is 3. The summed E-state index contributed by atoms with van der Waals surface area (Å²) in [4.78, 5) is 19.2. The second-order valence-corrected chi connectivity index (χ2v) is 10.3. The Kier molecular flexibility index (Phi) is 7.81. The van der Waals surface area contributed by atoms with Crippen LogP contribution in [0.5, 0.6) is 0 Å². The summed E-state index contributed by atoms with van der Waals surface area (Å²) in [5.74, 6) is -3.29. The number of aliphatic carboxylic acids is 1. The van der Waals surface area contributed by atoms with Crippen LogP contribution in [0.25, 0.3) is 28.7 Å². The highest BCUT2D eigenvalue weighted by atomic mass is 35.5. The highest BCUT2D eigenvalue weighted by molar-refractivity contribution is 6.30. The first kappa shape index (κ1) is 28.6. The van der Waals surface area contributed by atoms with Crippen LogP contribution < -0.4 is 5.32 Å². The number of carboxylic acids is 1. The van der Waals surface area contributed by atoms with Gasteiger partial charge in [0.05, 0.1) is 29.3 Å². The van der Waals surface area contributed by atoms with E-state index in [-0.39, 0.29) is 23.7 Å². The standard InChI is InChI=1S/C26H23ClF4N6O4/c27-16-8-18(28)23(33-11-16)37-21(26(29,30)31)17(12-34-37)24-35-22(36-41-24)15-4-2-14(3-5-15)19(38)9-25(10-20(39)40)6-1-7-32-13-25/h2-5,8,11-12,19,32,38H,1,6-7,9-10,13H2,(H,39,40)/t19-,25+/m0/s1. The summed E-state index contributed by atoms with van der Waals surface area (Å²) in [6.07, 6.45) is -2.47. The lowest BCUT2D eigenvalue weighted by Gasteiger charge is -2.38. The minimum absolute atomic E-state index is 0.0310. The number of alkyl halides is 3. The van der Waals surface area contributed by atoms with Crippen molar-refractivity contribution in [2.24, 2.45) is 5.41 Å². The van der Waals surface area contributed by atoms with E-state index in [4.69, 9.17) is 16.1 Å². The van der Waals surface area contributed by atoms with E-state index >= 15 is 0 Å². The van der Waals surface area contributed by atoms with Gasteiger partial charge in [0, 0.05) is 18.3 Å². The number of rotatable bonds is 8. The summed E-state index contributed by atoms with van der Waals surface area (Å²) in [7, 11) is 0. The third kappa shape index (κ3) is 6.09. The molecule has 15 heteroatoms. The van der Waals surface area contributed by atoms with Crippen LogP contribution in [0, 0.1) is 11.2 Å². The molecule has 1 fully saturated rings. The van der Waals surface area contributed by atoms with Crippen LogP contribution in [0.3, 0.4) is 0 Å². The normalized spacial score (nSPS) is 18.4. The van der Waals surface area contributed by atoms with Crippen molar-refractivity contribution in [1.82, 2.24) is 30.2 Å². The summed E-state index contributed by atoms with van der Waals surface area (Å²) in [5, 5.41) is 30.8. The summed E-state index contributed by atoms with van der Waals surface area (Å²) in [6, 6.07) is 7.16. The van der Waals surface area contributed by atoms with E-state index in [1.165, 1.54) is 0 Å². The van der Waals surface area contributed by atoms with Crippen LogP contribution in [0.1, 0.15) is 43.0 Å². The van der Waals surface area contributed by atoms with Crippen molar-refractivity contribution in [2.45, 2.75) is 38.0 Å². The van der Waals surface area contributed by atoms with Crippen LogP contribution in [0.2, 0.25) is 5.02 Å². The quantitative estimate of drug-likeness (QED) is 0.239. The molecule has 0 aliphatic carbocycles. The Hall–Kier alpha value is -3.88. The topological polar surface area (TPSA) is 139 Å². The van der Waals surface area contributed by atoms with E-state index < -0.39 is 52.4 Å². The Labute approximate surface area is 235 Å². The van der Waals surface area contributed by atoms with E-state index in [0.717, 1.165) is 31.4 Å². The van der Waals surface area contributed by atoms with Gasteiger partial charge < -0.3 is 20.1 Å². The average molecular weight is 595 g/mol. The molecule has 4 aromatic rings. The Morgan fingerprint density at radius 1 is 1.24 bits per heavy atom. The molecule has 3 N–H and O–H groups in total. The monoisotopic (exact) mass is 594 g/mol. The van der Waals surface area contributed by atoms with Gasteiger partial charge >= 0.3 is 12.1 Å². The second kappa shape index (κ2) is 11.2. The number of halogens is 5. The molecule has 0 radical (unpaired) electrons. The number of nitrogens with zero attached hydrogens (tertiary/aromatic N) is 5. The van der Waals surface area contributed by atoms with Gasteiger partial charge in [0.15, 0.2) is 17.3 Å². The van der Waals surface area contributed by atoms with Crippen molar-refractivity contribution in [1.29, 1.82) is 0 Å². The predicted molar refractivity (Wildman–Crippen MR) is 136 cm³/mol. The van der Waals surface area contributed by atoms with E-state index in [0.29, 0.717) is 28.8 Å². The zero-order valence-electron chi connectivity index (χ0n) is 21.2. The molecular weight excluding hydrogens is 572 g/mol. The minimum atomic E-state index is -4.99. The largest absolute Gasteiger partial charge is 0.481 e. The van der Waals surface area contributed by atoms with Gasteiger partial charge in [-0.2, -0.15) is 23.3 Å². The van der Waals surface area contributed by atoms with Gasteiger partial charge in [0.25, 0.3) is 5.89 Å². The van der Waals surface area contributed by atoms with E-state index in [1.807, 2.05) is 0 Å². The number of aliphatic hydroxyl groups is 1. The highest BCUT2D eigenvalue weighted by Crippen LogP contribution is 2.40. The first-order valence-electron chi connectivity index (χ1n) is 12.5. The Balaban J connectivity index is 1.39. The van der Waals surface area contributed by atoms with Crippen LogP contribution in [0.4, 0.5) is 17.6 Å². The van der Waals surface area contributed by atoms with Crippen molar-refractivity contribution in [2.75, 3.05) is 13.1 Å². The number of aliphatic hydroxyl groups excluding tert-OH is 1. The number of carbonyl (C=O) groups is 1. The summed E-state index contributed by atoms with van der Waals surface area (Å²) in [6.45, 7) is 1.27. The van der Waals surface area contributed by atoms with Crippen molar-refractivity contribution in [3.63, 3.8) is 0 Å². The second-order valence-electron chi connectivity index (χ2n) is 9.89. The molecule has 10 nitrogen and oxygen atoms in total. The summed E-state index contributed by atoms with van der Waals surface area (Å²) < 4.78 is 61.9. The maximum absolute atomic E-state index is 14.4. The van der Waals surface area contributed by atoms with Gasteiger partial charge in [-0.25, -0.2) is 14.1 Å². The zero-order chi connectivity index (χ0) is 29.4. The molecular formula is C26H23ClF4N6O4. The molecule has 3 aromatic heterocycles. The van der Waals surface area contributed by atoms with Crippen molar-refractivity contribution in [3.8, 4) is 28.7 Å². The van der Waals surface area contributed by atoms with Gasteiger partial charge in [-0.15, -0.1) is 0 Å². The maximum atomic E-state index is 14.4. The van der Waals surface area contributed by atoms with Gasteiger partial charge in [-0.3, -0.25) is 4.79 Å². The molecule has 0 spiro atoms. The molecule has 5 rings (SSSR count). The zero-order valence-corrected chi connectivity index (χ0v) is 22.0. The molecule has 0 amide bonds. The first-order chi connectivity index (χ1) is 19.5. The Bertz CT molecular complexity index is 1550. The summed E-state index contributed by atoms with van der Waals surface area (Å²) in [5.41, 5.74) is -1.61. The van der Waals surface area contributed by atoms with Gasteiger partial charge in [-0.05, 0) is 42.9 Å². The number of pyridine rings is 1. The molecule has 1 aliphatic rings. The average Bonchev–Trinajstić information content (AvgIpc) is 3.56. The predicted octanol–water partition coefficient (Wildman–Crippen LogP) is 5.06. The first-order valence-corrected chi connectivity index (χ1v) is 12.9. The van der Waals surface area contributed by atoms with Gasteiger partial charge in [-0.1, -0.05) is 41.0 Å². The van der Waals surface area contributed by atoms with E-state index in [1.54, 1.807) is 24.3 Å². The fourth-order valence-electron chi connectivity index (χ4n) is 5.08. The fraction of sp³-hybridized carbons (Fsp3) is 0.346. The van der Waals surface area contributed by atoms with Gasteiger partial charge in [0.2, 0.25) is 5.82 Å². The molecule has 0 saturated carbocycles. The number of hydrogen-bond acceptors (Lipinski definition) is 8. The number of piperidine rings is 1. The molecule has 0 unspecified atom stereocenters. The smallest absolute Gasteiger partial charge is 0.434 e. The fourth-order valence-corrected chi connectivity index (χ4v) is 5.23. The SMILES string of the molecule is O=C(O)C[C@]1(C[C@H](O)c2ccc(-c3noc(-c4cnn(-c5ncc(Cl)cc5F)c4C(F)(F)F)n3)cc2)CCCNC1. The third-order valence-corrected chi connectivity index (χ3v) is 7.16. The lowest BCUT2D eigenvalue weighted by molar-refractivity contribution is -0.142. The van der Waals surface area contributed by atoms with Crippen LogP contribution in [-0.4, -0.2) is 54.2 Å². The van der Waals surface area contributed by atoms with Crippen LogP contribution in [0.15, 0.2) is 47.2 Å². The minimum Gasteiger partial charge on any atom is -0.481 e. The molecule has 216 valence electrons. The Morgan fingerprint density at radius 3 is 2.63 bits per heavy atom. The maximum Gasteiger partial charge on any atom is 0.434 e. The lowest BCUT2D eigenvalue weighted by Crippen LogP contribution is -2.42. The molecule has 1 saturated heterocycles. The number of benzene rings is 1. The van der Waals surface area contributed by atoms with Crippen LogP contribution >= 0.6 is 11.6 Å². The molecule has 0 bridgehead atoms. The van der Waals surface area contributed by atoms with Crippen LogP contribution in [-0.2, 0) is 11.0 Å². The van der Waals surface area contributed by atoms with Crippen molar-refractivity contribution >= 4 is 17.6 Å².